The van der Waals surface area contributed by atoms with Gasteiger partial charge in [-0.25, -0.2) is 0 Å². The Bertz CT molecular complexity index is 468. The standard InChI is InChI=1S/C13H16N2S.ClH/c1-10-5-7-16-13(10)9-14-8-12-4-3-6-15-11(12)2;/h3-7,14H,8-9H2,1-2H3;1H. The number of rotatable bonds is 4. The van der Waals surface area contributed by atoms with Gasteiger partial charge in [0.25, 0.3) is 0 Å². The van der Waals surface area contributed by atoms with E-state index in [9.17, 15) is 0 Å². The molecule has 0 fully saturated rings. The quantitative estimate of drug-likeness (QED) is 0.918. The molecule has 2 aromatic rings. The van der Waals surface area contributed by atoms with E-state index in [0.717, 1.165) is 18.8 Å². The molecule has 0 aromatic carbocycles. The van der Waals surface area contributed by atoms with E-state index >= 15 is 0 Å². The molecule has 2 aromatic heterocycles. The Morgan fingerprint density at radius 1 is 1.24 bits per heavy atom. The molecule has 2 rings (SSSR count). The Morgan fingerprint density at radius 3 is 2.71 bits per heavy atom. The summed E-state index contributed by atoms with van der Waals surface area (Å²) < 4.78 is 0. The lowest BCUT2D eigenvalue weighted by Crippen LogP contribution is -2.13. The highest BCUT2D eigenvalue weighted by atomic mass is 35.5. The summed E-state index contributed by atoms with van der Waals surface area (Å²) in [6.07, 6.45) is 1.84. The average molecular weight is 269 g/mol. The lowest BCUT2D eigenvalue weighted by atomic mass is 10.2. The molecular weight excluding hydrogens is 252 g/mol. The third-order valence-corrected chi connectivity index (χ3v) is 3.71. The van der Waals surface area contributed by atoms with Gasteiger partial charge in [-0.3, -0.25) is 4.98 Å². The molecule has 0 amide bonds. The molecule has 0 atom stereocenters. The van der Waals surface area contributed by atoms with Crippen LogP contribution < -0.4 is 5.32 Å². The Morgan fingerprint density at radius 2 is 2.06 bits per heavy atom. The highest BCUT2D eigenvalue weighted by Gasteiger charge is 2.00. The molecule has 0 unspecified atom stereocenters. The molecule has 0 aliphatic carbocycles. The minimum atomic E-state index is 0. The summed E-state index contributed by atoms with van der Waals surface area (Å²) in [6.45, 7) is 6.03. The number of pyridine rings is 1. The van der Waals surface area contributed by atoms with Crippen molar-refractivity contribution in [1.82, 2.24) is 10.3 Å². The van der Waals surface area contributed by atoms with Crippen molar-refractivity contribution >= 4 is 23.7 Å². The number of hydrogen-bond donors (Lipinski definition) is 1. The van der Waals surface area contributed by atoms with Crippen LogP contribution >= 0.6 is 23.7 Å². The third-order valence-electron chi connectivity index (χ3n) is 2.69. The van der Waals surface area contributed by atoms with Gasteiger partial charge in [-0.05, 0) is 42.5 Å². The van der Waals surface area contributed by atoms with Crippen LogP contribution in [0.2, 0.25) is 0 Å². The van der Waals surface area contributed by atoms with E-state index < -0.39 is 0 Å². The largest absolute Gasteiger partial charge is 0.308 e. The predicted molar refractivity (Wildman–Crippen MR) is 75.8 cm³/mol. The molecular formula is C13H17ClN2S. The molecule has 0 aliphatic rings. The fourth-order valence-corrected chi connectivity index (χ4v) is 2.48. The van der Waals surface area contributed by atoms with E-state index in [1.54, 1.807) is 0 Å². The maximum absolute atomic E-state index is 4.27. The van der Waals surface area contributed by atoms with Crippen molar-refractivity contribution in [3.63, 3.8) is 0 Å². The molecule has 92 valence electrons. The van der Waals surface area contributed by atoms with Crippen LogP contribution in [-0.2, 0) is 13.1 Å². The van der Waals surface area contributed by atoms with Crippen molar-refractivity contribution in [2.75, 3.05) is 0 Å². The van der Waals surface area contributed by atoms with Gasteiger partial charge in [0.2, 0.25) is 0 Å². The van der Waals surface area contributed by atoms with Crippen LogP contribution in [0.4, 0.5) is 0 Å². The summed E-state index contributed by atoms with van der Waals surface area (Å²) in [7, 11) is 0. The van der Waals surface area contributed by atoms with Crippen molar-refractivity contribution in [3.8, 4) is 0 Å². The van der Waals surface area contributed by atoms with Gasteiger partial charge >= 0.3 is 0 Å². The highest BCUT2D eigenvalue weighted by Crippen LogP contribution is 2.15. The fraction of sp³-hybridized carbons (Fsp3) is 0.308. The predicted octanol–water partition coefficient (Wildman–Crippen LogP) is 3.47. The summed E-state index contributed by atoms with van der Waals surface area (Å²) in [6, 6.07) is 6.27. The Kier molecular flexibility index (Phi) is 5.62. The van der Waals surface area contributed by atoms with Gasteiger partial charge in [0.05, 0.1) is 0 Å². The highest BCUT2D eigenvalue weighted by molar-refractivity contribution is 7.10. The lowest BCUT2D eigenvalue weighted by Gasteiger charge is -2.06. The molecule has 4 heteroatoms. The number of aromatic nitrogens is 1. The molecule has 0 saturated carbocycles. The number of nitrogens with zero attached hydrogens (tertiary/aromatic N) is 1. The molecule has 1 N–H and O–H groups in total. The molecule has 17 heavy (non-hydrogen) atoms. The summed E-state index contributed by atoms with van der Waals surface area (Å²) in [5.41, 5.74) is 3.76. The minimum absolute atomic E-state index is 0. The zero-order valence-electron chi connectivity index (χ0n) is 10.1. The first-order valence-electron chi connectivity index (χ1n) is 5.41. The Hall–Kier alpha value is -0.900. The fourth-order valence-electron chi connectivity index (χ4n) is 1.60. The average Bonchev–Trinajstić information content (AvgIpc) is 2.67. The van der Waals surface area contributed by atoms with Crippen LogP contribution in [0.15, 0.2) is 29.8 Å². The zero-order chi connectivity index (χ0) is 11.4. The third kappa shape index (κ3) is 3.80. The van der Waals surface area contributed by atoms with Gasteiger partial charge in [-0.2, -0.15) is 0 Å². The van der Waals surface area contributed by atoms with Gasteiger partial charge in [0, 0.05) is 29.9 Å². The van der Waals surface area contributed by atoms with Crippen LogP contribution in [0.25, 0.3) is 0 Å². The summed E-state index contributed by atoms with van der Waals surface area (Å²) in [5.74, 6) is 0. The van der Waals surface area contributed by atoms with Crippen molar-refractivity contribution in [1.29, 1.82) is 0 Å². The number of thiophene rings is 1. The van der Waals surface area contributed by atoms with Crippen LogP contribution in [0, 0.1) is 13.8 Å². The smallest absolute Gasteiger partial charge is 0.0417 e. The van der Waals surface area contributed by atoms with Crippen LogP contribution in [0.1, 0.15) is 21.7 Å². The first kappa shape index (κ1) is 14.2. The van der Waals surface area contributed by atoms with Crippen molar-refractivity contribution < 1.29 is 0 Å². The number of aryl methyl sites for hydroxylation is 2. The van der Waals surface area contributed by atoms with E-state index in [0.29, 0.717) is 0 Å². The molecule has 0 spiro atoms. The monoisotopic (exact) mass is 268 g/mol. The van der Waals surface area contributed by atoms with Gasteiger partial charge in [-0.15, -0.1) is 23.7 Å². The maximum atomic E-state index is 4.27. The normalized spacial score (nSPS) is 10.0. The summed E-state index contributed by atoms with van der Waals surface area (Å²) in [4.78, 5) is 5.69. The van der Waals surface area contributed by atoms with Crippen molar-refractivity contribution in [2.45, 2.75) is 26.9 Å². The van der Waals surface area contributed by atoms with E-state index in [1.807, 2.05) is 30.5 Å². The summed E-state index contributed by atoms with van der Waals surface area (Å²) in [5, 5.41) is 5.60. The van der Waals surface area contributed by atoms with Gasteiger partial charge in [-0.1, -0.05) is 6.07 Å². The van der Waals surface area contributed by atoms with Gasteiger partial charge < -0.3 is 5.32 Å². The van der Waals surface area contributed by atoms with E-state index in [1.165, 1.54) is 16.0 Å². The van der Waals surface area contributed by atoms with Crippen LogP contribution in [-0.4, -0.2) is 4.98 Å². The second-order valence-electron chi connectivity index (χ2n) is 3.88. The van der Waals surface area contributed by atoms with Crippen LogP contribution in [0.5, 0.6) is 0 Å². The van der Waals surface area contributed by atoms with Gasteiger partial charge in [0.15, 0.2) is 0 Å². The van der Waals surface area contributed by atoms with E-state index in [2.05, 4.69) is 34.7 Å². The lowest BCUT2D eigenvalue weighted by molar-refractivity contribution is 0.693. The maximum Gasteiger partial charge on any atom is 0.0417 e. The van der Waals surface area contributed by atoms with Gasteiger partial charge in [0.1, 0.15) is 0 Å². The molecule has 0 aliphatic heterocycles. The first-order chi connectivity index (χ1) is 7.77. The number of hydrogen-bond acceptors (Lipinski definition) is 3. The van der Waals surface area contributed by atoms with Crippen LogP contribution in [0.3, 0.4) is 0 Å². The second kappa shape index (κ2) is 6.74. The molecule has 0 saturated heterocycles. The molecule has 0 radical (unpaired) electrons. The number of halogens is 1. The minimum Gasteiger partial charge on any atom is -0.308 e. The Balaban J connectivity index is 0.00000144. The van der Waals surface area contributed by atoms with Crippen molar-refractivity contribution in [2.24, 2.45) is 0 Å². The van der Waals surface area contributed by atoms with E-state index in [-0.39, 0.29) is 12.4 Å². The zero-order valence-corrected chi connectivity index (χ0v) is 11.7. The molecule has 2 nitrogen and oxygen atoms in total. The number of nitrogens with one attached hydrogen (secondary N) is 1. The summed E-state index contributed by atoms with van der Waals surface area (Å²) >= 11 is 1.81. The topological polar surface area (TPSA) is 24.9 Å². The van der Waals surface area contributed by atoms with E-state index in [4.69, 9.17) is 0 Å². The first-order valence-corrected chi connectivity index (χ1v) is 6.29. The SMILES string of the molecule is Cc1ccsc1CNCc1cccnc1C.Cl. The molecule has 2 heterocycles. The van der Waals surface area contributed by atoms with Crippen molar-refractivity contribution in [3.05, 3.63) is 51.5 Å². The Labute approximate surface area is 113 Å². The molecule has 0 bridgehead atoms. The second-order valence-corrected chi connectivity index (χ2v) is 4.88.